The molecule has 1 N–H and O–H groups in total. The monoisotopic (exact) mass is 760 g/mol. The Kier molecular flexibility index (Phi) is 9.45. The fraction of sp³-hybridized carbons (Fsp3) is 0.410. The van der Waals surface area contributed by atoms with Crippen LogP contribution in [0.5, 0.6) is 5.88 Å². The summed E-state index contributed by atoms with van der Waals surface area (Å²) in [7, 11) is 4.41. The number of likely N-dealkylation sites (tertiary alicyclic amines) is 2. The molecule has 2 aliphatic heterocycles. The number of hydrogen-bond acceptors (Lipinski definition) is 8. The van der Waals surface area contributed by atoms with Crippen molar-refractivity contribution in [1.82, 2.24) is 23.9 Å². The molecular formula is C39H42Cl2N6O6. The van der Waals surface area contributed by atoms with Crippen LogP contribution in [-0.2, 0) is 25.3 Å². The first kappa shape index (κ1) is 36.7. The van der Waals surface area contributed by atoms with Crippen LogP contribution in [0.3, 0.4) is 0 Å². The highest BCUT2D eigenvalue weighted by molar-refractivity contribution is 6.39. The normalized spacial score (nSPS) is 17.8. The number of amides is 2. The highest BCUT2D eigenvalue weighted by atomic mass is 35.5. The summed E-state index contributed by atoms with van der Waals surface area (Å²) in [6.45, 7) is 8.88. The van der Waals surface area contributed by atoms with Crippen LogP contribution in [0.25, 0.3) is 22.4 Å². The largest absolute Gasteiger partial charge is 0.481 e. The fourth-order valence-electron chi connectivity index (χ4n) is 7.88. The van der Waals surface area contributed by atoms with Crippen LogP contribution in [-0.4, -0.2) is 74.8 Å². The average molecular weight is 762 g/mol. The second-order valence-corrected chi connectivity index (χ2v) is 16.0. The summed E-state index contributed by atoms with van der Waals surface area (Å²) in [5.74, 6) is -0.135. The van der Waals surface area contributed by atoms with Gasteiger partial charge in [0.15, 0.2) is 0 Å². The standard InChI is InChI=1S/C39H42Cl2N6O6/c1-38(2,3)53-37(51)46-16-15-39(19-46)20-47(21-39)29-14-13-22-17-28(43-34(52-6)30(22)29)25-11-7-9-23(31(25)40)24-10-8-12-27(32(24)41)42-33(48)26-18-44(4)36(50)45(5)35(26)49/h7-12,17-18,29H,13-16,19-21H2,1-6H3,(H,42,48). The van der Waals surface area contributed by atoms with Gasteiger partial charge in [0, 0.05) is 80.2 Å². The molecule has 14 heteroatoms. The Morgan fingerprint density at radius 1 is 0.981 bits per heavy atom. The molecule has 1 spiro atoms. The van der Waals surface area contributed by atoms with Gasteiger partial charge in [-0.05, 0) is 57.7 Å². The van der Waals surface area contributed by atoms with Crippen LogP contribution in [0.15, 0.2) is 58.3 Å². The van der Waals surface area contributed by atoms with E-state index in [1.54, 1.807) is 25.3 Å². The van der Waals surface area contributed by atoms with Gasteiger partial charge in [-0.15, -0.1) is 0 Å². The van der Waals surface area contributed by atoms with Gasteiger partial charge in [0.05, 0.1) is 28.5 Å². The summed E-state index contributed by atoms with van der Waals surface area (Å²) < 4.78 is 13.6. The molecule has 1 aliphatic carbocycles. The maximum atomic E-state index is 13.2. The Morgan fingerprint density at radius 3 is 2.36 bits per heavy atom. The van der Waals surface area contributed by atoms with Gasteiger partial charge in [0.25, 0.3) is 11.5 Å². The van der Waals surface area contributed by atoms with E-state index in [-0.39, 0.29) is 33.8 Å². The highest BCUT2D eigenvalue weighted by Crippen LogP contribution is 2.50. The number of nitrogens with one attached hydrogen (secondary N) is 1. The molecule has 7 rings (SSSR count). The quantitative estimate of drug-likeness (QED) is 0.242. The molecule has 3 aliphatic rings. The number of benzene rings is 2. The van der Waals surface area contributed by atoms with Gasteiger partial charge in [0.2, 0.25) is 5.88 Å². The number of ether oxygens (including phenoxy) is 2. The molecule has 2 aromatic heterocycles. The molecule has 4 heterocycles. The van der Waals surface area contributed by atoms with Gasteiger partial charge >= 0.3 is 11.8 Å². The number of aryl methyl sites for hydroxylation is 2. The van der Waals surface area contributed by atoms with Crippen molar-refractivity contribution in [1.29, 1.82) is 0 Å². The molecule has 4 aromatic rings. The van der Waals surface area contributed by atoms with Crippen molar-refractivity contribution in [3.8, 4) is 28.3 Å². The molecule has 0 bridgehead atoms. The van der Waals surface area contributed by atoms with Gasteiger partial charge in [0.1, 0.15) is 11.2 Å². The average Bonchev–Trinajstić information content (AvgIpc) is 3.74. The van der Waals surface area contributed by atoms with Crippen molar-refractivity contribution < 1.29 is 19.1 Å². The molecule has 1 atom stereocenters. The van der Waals surface area contributed by atoms with Crippen molar-refractivity contribution in [2.45, 2.75) is 51.7 Å². The van der Waals surface area contributed by atoms with Crippen LogP contribution in [0.4, 0.5) is 10.5 Å². The second-order valence-electron chi connectivity index (χ2n) is 15.3. The molecule has 2 fully saturated rings. The van der Waals surface area contributed by atoms with Gasteiger partial charge in [-0.2, -0.15) is 0 Å². The van der Waals surface area contributed by atoms with Crippen LogP contribution in [0, 0.1) is 5.41 Å². The van der Waals surface area contributed by atoms with Crippen molar-refractivity contribution in [2.24, 2.45) is 19.5 Å². The zero-order valence-electron chi connectivity index (χ0n) is 30.6. The summed E-state index contributed by atoms with van der Waals surface area (Å²) >= 11 is 14.0. The summed E-state index contributed by atoms with van der Waals surface area (Å²) in [4.78, 5) is 60.0. The first-order valence-electron chi connectivity index (χ1n) is 17.6. The summed E-state index contributed by atoms with van der Waals surface area (Å²) in [6.07, 6.45) is 3.72. The second kappa shape index (κ2) is 13.6. The van der Waals surface area contributed by atoms with Crippen LogP contribution in [0.2, 0.25) is 10.0 Å². The first-order valence-corrected chi connectivity index (χ1v) is 18.3. The SMILES string of the molecule is COc1nc(-c2cccc(-c3cccc(NC(=O)c4cn(C)c(=O)n(C)c4=O)c3Cl)c2Cl)cc2c1C(N1CC3(CCN(C(=O)OC(C)(C)C)C3)C1)CC2. The Labute approximate surface area is 317 Å². The van der Waals surface area contributed by atoms with Crippen LogP contribution < -0.4 is 21.3 Å². The summed E-state index contributed by atoms with van der Waals surface area (Å²) in [6, 6.07) is 13.0. The first-order chi connectivity index (χ1) is 25.1. The Hall–Kier alpha value is -4.65. The smallest absolute Gasteiger partial charge is 0.410 e. The molecule has 0 radical (unpaired) electrons. The molecule has 1 unspecified atom stereocenters. The summed E-state index contributed by atoms with van der Waals surface area (Å²) in [5.41, 5.74) is 3.20. The number of fused-ring (bicyclic) bond motifs is 1. The highest BCUT2D eigenvalue weighted by Gasteiger charge is 2.52. The zero-order chi connectivity index (χ0) is 38.0. The fourth-order valence-corrected chi connectivity index (χ4v) is 8.48. The summed E-state index contributed by atoms with van der Waals surface area (Å²) in [5, 5.41) is 3.37. The van der Waals surface area contributed by atoms with E-state index in [1.807, 2.05) is 43.9 Å². The molecule has 2 saturated heterocycles. The molecule has 12 nitrogen and oxygen atoms in total. The minimum atomic E-state index is -0.716. The predicted molar refractivity (Wildman–Crippen MR) is 204 cm³/mol. The van der Waals surface area contributed by atoms with E-state index in [2.05, 4.69) is 16.3 Å². The number of nitrogens with zero attached hydrogens (tertiary/aromatic N) is 5. The van der Waals surface area contributed by atoms with E-state index < -0.39 is 22.8 Å². The predicted octanol–water partition coefficient (Wildman–Crippen LogP) is 6.31. The molecule has 0 saturated carbocycles. The Morgan fingerprint density at radius 2 is 1.66 bits per heavy atom. The van der Waals surface area contributed by atoms with E-state index >= 15 is 0 Å². The van der Waals surface area contributed by atoms with Crippen molar-refractivity contribution in [3.63, 3.8) is 0 Å². The Balaban J connectivity index is 1.12. The molecule has 2 aromatic carbocycles. The van der Waals surface area contributed by atoms with Gasteiger partial charge in [-0.25, -0.2) is 14.6 Å². The van der Waals surface area contributed by atoms with Crippen LogP contribution in [0.1, 0.15) is 61.1 Å². The number of hydrogen-bond donors (Lipinski definition) is 1. The maximum Gasteiger partial charge on any atom is 0.410 e. The van der Waals surface area contributed by atoms with Crippen LogP contribution >= 0.6 is 23.2 Å². The van der Waals surface area contributed by atoms with E-state index in [0.29, 0.717) is 46.4 Å². The van der Waals surface area contributed by atoms with E-state index in [9.17, 15) is 19.2 Å². The van der Waals surface area contributed by atoms with Crippen molar-refractivity contribution >= 4 is 40.9 Å². The zero-order valence-corrected chi connectivity index (χ0v) is 32.1. The lowest BCUT2D eigenvalue weighted by Gasteiger charge is -2.51. The van der Waals surface area contributed by atoms with E-state index in [0.717, 1.165) is 48.0 Å². The van der Waals surface area contributed by atoms with Crippen molar-refractivity contribution in [2.75, 3.05) is 38.6 Å². The number of halogens is 2. The minimum Gasteiger partial charge on any atom is -0.481 e. The van der Waals surface area contributed by atoms with Gasteiger partial charge in [-0.1, -0.05) is 53.5 Å². The number of carbonyl (C=O) groups is 2. The molecule has 2 amide bonds. The third kappa shape index (κ3) is 6.72. The molecular weight excluding hydrogens is 719 g/mol. The molecule has 53 heavy (non-hydrogen) atoms. The lowest BCUT2D eigenvalue weighted by atomic mass is 9.77. The Bertz CT molecular complexity index is 2270. The minimum absolute atomic E-state index is 0.0774. The van der Waals surface area contributed by atoms with Crippen molar-refractivity contribution in [3.05, 3.63) is 96.2 Å². The topological polar surface area (TPSA) is 128 Å². The van der Waals surface area contributed by atoms with Gasteiger partial charge < -0.3 is 24.3 Å². The number of methoxy groups -OCH3 is 1. The number of carbonyl (C=O) groups excluding carboxylic acids is 2. The number of aromatic nitrogens is 3. The lowest BCUT2D eigenvalue weighted by Crippen LogP contribution is -2.58. The number of anilines is 1. The van der Waals surface area contributed by atoms with E-state index in [4.69, 9.17) is 37.7 Å². The van der Waals surface area contributed by atoms with E-state index in [1.165, 1.54) is 24.9 Å². The molecule has 278 valence electrons. The lowest BCUT2D eigenvalue weighted by molar-refractivity contribution is -0.0286. The third-order valence-electron chi connectivity index (χ3n) is 10.4. The van der Waals surface area contributed by atoms with Gasteiger partial charge in [-0.3, -0.25) is 19.1 Å². The third-order valence-corrected chi connectivity index (χ3v) is 11.2. The number of pyridine rings is 1. The maximum absolute atomic E-state index is 13.2. The number of rotatable bonds is 6.